The Kier molecular flexibility index (Phi) is 3.37. The van der Waals surface area contributed by atoms with Gasteiger partial charge in [0.25, 0.3) is 0 Å². The third-order valence-corrected chi connectivity index (χ3v) is 3.42. The number of ether oxygens (including phenoxy) is 1. The molecule has 1 aromatic carbocycles. The number of esters is 1. The van der Waals surface area contributed by atoms with Crippen molar-refractivity contribution in [2.24, 2.45) is 0 Å². The fraction of sp³-hybridized carbons (Fsp3) is 0.250. The zero-order chi connectivity index (χ0) is 13.9. The first kappa shape index (κ1) is 12.7. The quantitative estimate of drug-likeness (QED) is 0.869. The predicted molar refractivity (Wildman–Crippen MR) is 77.9 cm³/mol. The third-order valence-electron chi connectivity index (χ3n) is 3.42. The molecule has 0 spiro atoms. The highest BCUT2D eigenvalue weighted by atomic mass is 16.5. The van der Waals surface area contributed by atoms with Gasteiger partial charge in [-0.05, 0) is 30.2 Å². The van der Waals surface area contributed by atoms with Gasteiger partial charge in [0.1, 0.15) is 6.04 Å². The minimum atomic E-state index is -0.281. The van der Waals surface area contributed by atoms with Gasteiger partial charge in [0.15, 0.2) is 0 Å². The number of para-hydroxylation sites is 1. The highest BCUT2D eigenvalue weighted by Crippen LogP contribution is 2.26. The van der Waals surface area contributed by atoms with Gasteiger partial charge in [-0.15, -0.1) is 0 Å². The molecule has 2 aromatic rings. The van der Waals surface area contributed by atoms with E-state index in [1.54, 1.807) is 0 Å². The molecule has 0 saturated carbocycles. The lowest BCUT2D eigenvalue weighted by atomic mass is 10.0. The summed E-state index contributed by atoms with van der Waals surface area (Å²) in [4.78, 5) is 16.1. The summed E-state index contributed by atoms with van der Waals surface area (Å²) in [5.74, 6) is -0.201. The van der Waals surface area contributed by atoms with Gasteiger partial charge >= 0.3 is 5.97 Å². The van der Waals surface area contributed by atoms with Crippen molar-refractivity contribution >= 4 is 22.4 Å². The van der Waals surface area contributed by atoms with Gasteiger partial charge in [-0.25, -0.2) is 4.79 Å². The smallest absolute Gasteiger partial charge is 0.328 e. The van der Waals surface area contributed by atoms with Gasteiger partial charge in [0.2, 0.25) is 0 Å². The lowest BCUT2D eigenvalue weighted by Gasteiger charge is -2.09. The van der Waals surface area contributed by atoms with Crippen LogP contribution in [0.25, 0.3) is 16.5 Å². The van der Waals surface area contributed by atoms with Crippen LogP contribution in [0.4, 0.5) is 0 Å². The molecular formula is C16H16N2O2. The first-order chi connectivity index (χ1) is 9.78. The van der Waals surface area contributed by atoms with Crippen LogP contribution in [0.5, 0.6) is 0 Å². The highest BCUT2D eigenvalue weighted by molar-refractivity contribution is 5.86. The van der Waals surface area contributed by atoms with Crippen molar-refractivity contribution in [3.63, 3.8) is 0 Å². The fourth-order valence-corrected chi connectivity index (χ4v) is 2.38. The highest BCUT2D eigenvalue weighted by Gasteiger charge is 2.25. The van der Waals surface area contributed by atoms with Crippen LogP contribution in [-0.2, 0) is 9.53 Å². The molecule has 3 rings (SSSR count). The molecule has 0 fully saturated rings. The van der Waals surface area contributed by atoms with Crippen LogP contribution < -0.4 is 5.32 Å². The van der Waals surface area contributed by atoms with Crippen molar-refractivity contribution in [2.75, 3.05) is 6.61 Å². The van der Waals surface area contributed by atoms with E-state index in [4.69, 9.17) is 4.74 Å². The van der Waals surface area contributed by atoms with Crippen molar-refractivity contribution in [3.8, 4) is 0 Å². The molecule has 0 saturated heterocycles. The number of hydrogen-bond acceptors (Lipinski definition) is 4. The maximum Gasteiger partial charge on any atom is 0.328 e. The zero-order valence-corrected chi connectivity index (χ0v) is 11.3. The van der Waals surface area contributed by atoms with Crippen LogP contribution in [0, 0.1) is 0 Å². The van der Waals surface area contributed by atoms with Crippen molar-refractivity contribution in [3.05, 3.63) is 48.3 Å². The number of hydrogen-bond donors (Lipinski definition) is 1. The van der Waals surface area contributed by atoms with Crippen LogP contribution in [0.1, 0.15) is 18.9 Å². The summed E-state index contributed by atoms with van der Waals surface area (Å²) in [6.45, 7) is 2.22. The van der Waals surface area contributed by atoms with Gasteiger partial charge in [0, 0.05) is 24.2 Å². The van der Waals surface area contributed by atoms with E-state index in [1.807, 2.05) is 43.6 Å². The first-order valence-corrected chi connectivity index (χ1v) is 6.75. The number of carbonyl (C=O) groups excluding carboxylic acids is 1. The molecular weight excluding hydrogens is 252 g/mol. The monoisotopic (exact) mass is 268 g/mol. The van der Waals surface area contributed by atoms with Crippen molar-refractivity contribution in [1.29, 1.82) is 0 Å². The SMILES string of the molecule is CCOC(=O)C1CC(c2cnc3ccccc3c2)=CN1. The molecule has 2 heterocycles. The van der Waals surface area contributed by atoms with E-state index in [-0.39, 0.29) is 12.0 Å². The number of nitrogens with zero attached hydrogens (tertiary/aromatic N) is 1. The summed E-state index contributed by atoms with van der Waals surface area (Å²) in [6.07, 6.45) is 4.37. The summed E-state index contributed by atoms with van der Waals surface area (Å²) in [7, 11) is 0. The van der Waals surface area contributed by atoms with Gasteiger partial charge in [-0.1, -0.05) is 18.2 Å². The summed E-state index contributed by atoms with van der Waals surface area (Å²) >= 11 is 0. The molecule has 1 aliphatic heterocycles. The summed E-state index contributed by atoms with van der Waals surface area (Å²) in [5, 5.41) is 4.18. The fourth-order valence-electron chi connectivity index (χ4n) is 2.38. The normalized spacial score (nSPS) is 17.6. The molecule has 0 radical (unpaired) electrons. The van der Waals surface area contributed by atoms with Crippen LogP contribution in [0.15, 0.2) is 42.7 Å². The molecule has 4 heteroatoms. The van der Waals surface area contributed by atoms with Crippen LogP contribution in [0.2, 0.25) is 0 Å². The average molecular weight is 268 g/mol. The van der Waals surface area contributed by atoms with Crippen LogP contribution in [-0.4, -0.2) is 23.6 Å². The third kappa shape index (κ3) is 2.37. The molecule has 1 aromatic heterocycles. The lowest BCUT2D eigenvalue weighted by molar-refractivity contribution is -0.145. The number of aromatic nitrogens is 1. The van der Waals surface area contributed by atoms with E-state index < -0.39 is 0 Å². The molecule has 4 nitrogen and oxygen atoms in total. The van der Waals surface area contributed by atoms with Crippen molar-refractivity contribution in [2.45, 2.75) is 19.4 Å². The van der Waals surface area contributed by atoms with Gasteiger partial charge in [-0.3, -0.25) is 4.98 Å². The van der Waals surface area contributed by atoms with Crippen molar-refractivity contribution < 1.29 is 9.53 Å². The lowest BCUT2D eigenvalue weighted by Crippen LogP contribution is -2.31. The van der Waals surface area contributed by atoms with Crippen LogP contribution in [0.3, 0.4) is 0 Å². The predicted octanol–water partition coefficient (Wildman–Crippen LogP) is 2.50. The number of benzene rings is 1. The van der Waals surface area contributed by atoms with E-state index in [0.717, 1.165) is 22.0 Å². The van der Waals surface area contributed by atoms with E-state index in [0.29, 0.717) is 13.0 Å². The van der Waals surface area contributed by atoms with Gasteiger partial charge in [0.05, 0.1) is 12.1 Å². The average Bonchev–Trinajstić information content (AvgIpc) is 2.97. The van der Waals surface area contributed by atoms with E-state index in [2.05, 4.69) is 16.4 Å². The minimum absolute atomic E-state index is 0.201. The Bertz CT molecular complexity index is 679. The van der Waals surface area contributed by atoms with E-state index in [1.165, 1.54) is 0 Å². The summed E-state index contributed by atoms with van der Waals surface area (Å²) in [5.41, 5.74) is 3.11. The molecule has 1 aliphatic rings. The minimum Gasteiger partial charge on any atom is -0.464 e. The molecule has 0 bridgehead atoms. The van der Waals surface area contributed by atoms with Gasteiger partial charge < -0.3 is 10.1 Å². The second kappa shape index (κ2) is 5.33. The Morgan fingerprint density at radius 3 is 3.15 bits per heavy atom. The number of fused-ring (bicyclic) bond motifs is 1. The Morgan fingerprint density at radius 2 is 2.30 bits per heavy atom. The molecule has 1 unspecified atom stereocenters. The Hall–Kier alpha value is -2.36. The number of rotatable bonds is 3. The van der Waals surface area contributed by atoms with Gasteiger partial charge in [-0.2, -0.15) is 0 Å². The number of nitrogens with one attached hydrogen (secondary N) is 1. The summed E-state index contributed by atoms with van der Waals surface area (Å²) in [6, 6.07) is 9.82. The molecule has 0 aliphatic carbocycles. The zero-order valence-electron chi connectivity index (χ0n) is 11.3. The number of pyridine rings is 1. The number of carbonyl (C=O) groups is 1. The standard InChI is InChI=1S/C16H16N2O2/c1-2-20-16(19)15-8-13(10-18-15)12-7-11-5-3-4-6-14(11)17-9-12/h3-7,9-10,15,18H,2,8H2,1H3. The molecule has 20 heavy (non-hydrogen) atoms. The Morgan fingerprint density at radius 1 is 1.45 bits per heavy atom. The molecule has 1 N–H and O–H groups in total. The second-order valence-electron chi connectivity index (χ2n) is 4.76. The topological polar surface area (TPSA) is 51.2 Å². The van der Waals surface area contributed by atoms with E-state index >= 15 is 0 Å². The maximum absolute atomic E-state index is 11.7. The maximum atomic E-state index is 11.7. The molecule has 0 amide bonds. The van der Waals surface area contributed by atoms with Crippen molar-refractivity contribution in [1.82, 2.24) is 10.3 Å². The first-order valence-electron chi connectivity index (χ1n) is 6.75. The Balaban J connectivity index is 1.81. The van der Waals surface area contributed by atoms with E-state index in [9.17, 15) is 4.79 Å². The van der Waals surface area contributed by atoms with Crippen LogP contribution >= 0.6 is 0 Å². The summed E-state index contributed by atoms with van der Waals surface area (Å²) < 4.78 is 5.03. The largest absolute Gasteiger partial charge is 0.464 e. The molecule has 102 valence electrons. The second-order valence-corrected chi connectivity index (χ2v) is 4.76. The Labute approximate surface area is 117 Å². The molecule has 1 atom stereocenters.